The van der Waals surface area contributed by atoms with E-state index in [0.717, 1.165) is 10.7 Å². The Hall–Kier alpha value is -4.09. The lowest BCUT2D eigenvalue weighted by molar-refractivity contribution is -0.141. The minimum absolute atomic E-state index is 0.0197. The maximum atomic E-state index is 14.9. The highest BCUT2D eigenvalue weighted by molar-refractivity contribution is 6.16. The van der Waals surface area contributed by atoms with Gasteiger partial charge < -0.3 is 5.32 Å². The molecule has 0 aliphatic carbocycles. The number of alkyl halides is 3. The van der Waals surface area contributed by atoms with Gasteiger partial charge in [-0.2, -0.15) is 23.4 Å². The fraction of sp³-hybridized carbons (Fsp3) is 0.182. The smallest absolute Gasteiger partial charge is 0.322 e. The number of aliphatic imine (C=N–C) groups is 1. The lowest BCUT2D eigenvalue weighted by Crippen LogP contribution is -2.17. The van der Waals surface area contributed by atoms with Gasteiger partial charge in [0.05, 0.1) is 34.9 Å². The maximum Gasteiger partial charge on any atom is 0.435 e. The highest BCUT2D eigenvalue weighted by Crippen LogP contribution is 2.35. The van der Waals surface area contributed by atoms with Crippen LogP contribution >= 0.6 is 0 Å². The van der Waals surface area contributed by atoms with E-state index in [1.165, 1.54) is 43.3 Å². The molecular weight excluding hydrogens is 459 g/mol. The highest BCUT2D eigenvalue weighted by Gasteiger charge is 2.39. The first-order chi connectivity index (χ1) is 16.0. The molecule has 1 N–H and O–H groups in total. The molecule has 0 unspecified atom stereocenters. The Balaban J connectivity index is 1.50. The number of hydrogen-bond donors (Lipinski definition) is 1. The molecule has 5 rings (SSSR count). The first kappa shape index (κ1) is 21.7. The van der Waals surface area contributed by atoms with Gasteiger partial charge in [0.25, 0.3) is 5.91 Å². The molecule has 1 amide bonds. The molecule has 4 aromatic rings. The number of carbonyl (C=O) groups excluding carboxylic acids is 1. The summed E-state index contributed by atoms with van der Waals surface area (Å²) in [6.07, 6.45) is -2.28. The normalized spacial score (nSPS) is 13.3. The number of halogens is 5. The first-order valence-corrected chi connectivity index (χ1v) is 9.94. The summed E-state index contributed by atoms with van der Waals surface area (Å²) in [6.45, 7) is 0.145. The number of amides is 1. The van der Waals surface area contributed by atoms with Crippen molar-refractivity contribution in [2.45, 2.75) is 12.7 Å². The molecular formula is C22H15F5N6O. The van der Waals surface area contributed by atoms with E-state index in [1.807, 2.05) is 0 Å². The quantitative estimate of drug-likeness (QED) is 0.452. The van der Waals surface area contributed by atoms with Gasteiger partial charge in [0.2, 0.25) is 0 Å². The number of fused-ring (bicyclic) bond motifs is 2. The van der Waals surface area contributed by atoms with E-state index in [9.17, 15) is 26.7 Å². The van der Waals surface area contributed by atoms with Gasteiger partial charge in [-0.3, -0.25) is 19.2 Å². The maximum absolute atomic E-state index is 14.9. The number of nitrogens with one attached hydrogen (secondary N) is 1. The molecule has 0 atom stereocenters. The molecule has 0 fully saturated rings. The highest BCUT2D eigenvalue weighted by atomic mass is 19.4. The number of nitrogens with zero attached hydrogens (tertiary/aromatic N) is 5. The largest absolute Gasteiger partial charge is 0.435 e. The Morgan fingerprint density at radius 2 is 1.88 bits per heavy atom. The summed E-state index contributed by atoms with van der Waals surface area (Å²) in [5.74, 6) is -3.18. The Morgan fingerprint density at radius 1 is 1.12 bits per heavy atom. The molecule has 1 aliphatic rings. The van der Waals surface area contributed by atoms with Crippen LogP contribution in [0.3, 0.4) is 0 Å². The van der Waals surface area contributed by atoms with Crippen molar-refractivity contribution in [2.75, 3.05) is 5.32 Å². The van der Waals surface area contributed by atoms with Gasteiger partial charge >= 0.3 is 6.18 Å². The molecule has 0 saturated heterocycles. The average Bonchev–Trinajstić information content (AvgIpc) is 3.44. The van der Waals surface area contributed by atoms with Crippen LogP contribution in [0.5, 0.6) is 0 Å². The van der Waals surface area contributed by atoms with Crippen molar-refractivity contribution >= 4 is 28.2 Å². The summed E-state index contributed by atoms with van der Waals surface area (Å²) in [7, 11) is 2.88. The van der Waals surface area contributed by atoms with E-state index >= 15 is 0 Å². The van der Waals surface area contributed by atoms with Gasteiger partial charge in [0, 0.05) is 37.6 Å². The zero-order valence-electron chi connectivity index (χ0n) is 17.7. The van der Waals surface area contributed by atoms with E-state index in [-0.39, 0.29) is 34.4 Å². The summed E-state index contributed by atoms with van der Waals surface area (Å²) in [5, 5.41) is 9.77. The summed E-state index contributed by atoms with van der Waals surface area (Å²) in [6, 6.07) is 5.50. The van der Waals surface area contributed by atoms with E-state index in [2.05, 4.69) is 20.5 Å². The van der Waals surface area contributed by atoms with Crippen molar-refractivity contribution in [1.29, 1.82) is 0 Å². The Bertz CT molecular complexity index is 1510. The fourth-order valence-electron chi connectivity index (χ4n) is 3.98. The van der Waals surface area contributed by atoms with Gasteiger partial charge in [0.15, 0.2) is 5.69 Å². The topological polar surface area (TPSA) is 77.1 Å². The number of carbonyl (C=O) groups is 1. The van der Waals surface area contributed by atoms with Crippen molar-refractivity contribution in [3.05, 3.63) is 76.2 Å². The average molecular weight is 474 g/mol. The van der Waals surface area contributed by atoms with Gasteiger partial charge in [0.1, 0.15) is 17.2 Å². The third-order valence-corrected chi connectivity index (χ3v) is 5.55. The number of aryl methyl sites for hydroxylation is 2. The molecule has 2 aromatic carbocycles. The number of hydrogen-bond acceptors (Lipinski definition) is 4. The fourth-order valence-corrected chi connectivity index (χ4v) is 3.98. The Kier molecular flexibility index (Phi) is 4.78. The zero-order chi connectivity index (χ0) is 24.4. The summed E-state index contributed by atoms with van der Waals surface area (Å²) in [4.78, 5) is 17.0. The molecule has 0 radical (unpaired) electrons. The van der Waals surface area contributed by atoms with Crippen molar-refractivity contribution in [2.24, 2.45) is 19.1 Å². The van der Waals surface area contributed by atoms with Gasteiger partial charge in [-0.15, -0.1) is 0 Å². The van der Waals surface area contributed by atoms with E-state index in [0.29, 0.717) is 11.1 Å². The molecule has 0 saturated carbocycles. The van der Waals surface area contributed by atoms with E-state index < -0.39 is 35.0 Å². The predicted molar refractivity (Wildman–Crippen MR) is 113 cm³/mol. The molecule has 3 heterocycles. The molecule has 1 aliphatic heterocycles. The number of aromatic nitrogens is 4. The van der Waals surface area contributed by atoms with Crippen LogP contribution in [-0.2, 0) is 26.8 Å². The van der Waals surface area contributed by atoms with E-state index in [4.69, 9.17) is 0 Å². The Morgan fingerprint density at radius 3 is 2.62 bits per heavy atom. The number of anilines is 1. The van der Waals surface area contributed by atoms with Gasteiger partial charge in [-0.25, -0.2) is 8.78 Å². The lowest BCUT2D eigenvalue weighted by Gasteiger charge is -2.11. The van der Waals surface area contributed by atoms with Gasteiger partial charge in [-0.05, 0) is 17.7 Å². The van der Waals surface area contributed by atoms with Crippen LogP contribution in [0, 0.1) is 11.6 Å². The zero-order valence-corrected chi connectivity index (χ0v) is 17.7. The molecule has 0 bridgehead atoms. The third-order valence-electron chi connectivity index (χ3n) is 5.55. The lowest BCUT2D eigenvalue weighted by atomic mass is 9.99. The second-order valence-corrected chi connectivity index (χ2v) is 7.80. The molecule has 2 aromatic heterocycles. The van der Waals surface area contributed by atoms with E-state index in [1.54, 1.807) is 6.07 Å². The number of benzene rings is 2. The van der Waals surface area contributed by atoms with Crippen molar-refractivity contribution in [1.82, 2.24) is 19.6 Å². The molecule has 7 nitrogen and oxygen atoms in total. The SMILES string of the molecule is Cn1cc(C2=NCc3ccc(NC(=O)c4c(F)cc5c(cnn5C)c4F)cc32)c(C(F)(F)F)n1. The minimum atomic E-state index is -4.69. The van der Waals surface area contributed by atoms with Gasteiger partial charge in [-0.1, -0.05) is 6.07 Å². The van der Waals surface area contributed by atoms with Crippen molar-refractivity contribution < 1.29 is 26.7 Å². The molecule has 174 valence electrons. The second-order valence-electron chi connectivity index (χ2n) is 7.80. The summed E-state index contributed by atoms with van der Waals surface area (Å²) >= 11 is 0. The standard InChI is InChI=1S/C22H15F5N6O/c1-32-9-14(20(31-32)22(25,26)27)19-12-5-11(4-3-10(12)7-28-19)30-21(34)17-15(23)6-16-13(18(17)24)8-29-33(16)2/h3-6,8-9H,7H2,1-2H3,(H,30,34). The predicted octanol–water partition coefficient (Wildman–Crippen LogP) is 4.21. The van der Waals surface area contributed by atoms with Crippen LogP contribution in [0.1, 0.15) is 32.7 Å². The summed E-state index contributed by atoms with van der Waals surface area (Å²) < 4.78 is 72.1. The van der Waals surface area contributed by atoms with Crippen LogP contribution in [0.2, 0.25) is 0 Å². The van der Waals surface area contributed by atoms with Crippen molar-refractivity contribution in [3.8, 4) is 0 Å². The number of rotatable bonds is 3. The summed E-state index contributed by atoms with van der Waals surface area (Å²) in [5.41, 5.74) is -0.676. The van der Waals surface area contributed by atoms with Crippen LogP contribution < -0.4 is 5.32 Å². The Labute approximate surface area is 188 Å². The van der Waals surface area contributed by atoms with Crippen LogP contribution in [0.25, 0.3) is 10.9 Å². The third kappa shape index (κ3) is 3.42. The minimum Gasteiger partial charge on any atom is -0.322 e. The molecule has 0 spiro atoms. The monoisotopic (exact) mass is 474 g/mol. The van der Waals surface area contributed by atoms with Crippen LogP contribution in [-0.4, -0.2) is 31.2 Å². The first-order valence-electron chi connectivity index (χ1n) is 9.94. The molecule has 12 heteroatoms. The van der Waals surface area contributed by atoms with Crippen LogP contribution in [0.4, 0.5) is 27.6 Å². The van der Waals surface area contributed by atoms with Crippen LogP contribution in [0.15, 0.2) is 41.7 Å². The second kappa shape index (κ2) is 7.47. The van der Waals surface area contributed by atoms with Crippen molar-refractivity contribution in [3.63, 3.8) is 0 Å². The molecule has 34 heavy (non-hydrogen) atoms.